The zero-order valence-electron chi connectivity index (χ0n) is 15.9. The van der Waals surface area contributed by atoms with E-state index in [1.165, 1.54) is 12.8 Å². The molecular weight excluding hydrogens is 477 g/mol. The third kappa shape index (κ3) is 3.14. The number of nitrogens with two attached hydrogens (primary N) is 1. The molecule has 1 aliphatic carbocycles. The Kier molecular flexibility index (Phi) is 4.64. The van der Waals surface area contributed by atoms with E-state index >= 15 is 0 Å². The number of nitrogen functional groups attached to an aromatic ring is 1. The average Bonchev–Trinajstić information content (AvgIpc) is 3.39. The Bertz CT molecular complexity index is 884. The van der Waals surface area contributed by atoms with Gasteiger partial charge in [-0.15, -0.1) is 0 Å². The maximum atomic E-state index is 6.26. The molecule has 4 heterocycles. The van der Waals surface area contributed by atoms with E-state index in [0.29, 0.717) is 23.0 Å². The normalized spacial score (nSPS) is 32.2. The lowest BCUT2D eigenvalue weighted by Gasteiger charge is -2.24. The Morgan fingerprint density at radius 1 is 1.25 bits per heavy atom. The summed E-state index contributed by atoms with van der Waals surface area (Å²) in [6.07, 6.45) is 5.37. The largest absolute Gasteiger partial charge is 0.460 e. The van der Waals surface area contributed by atoms with Crippen LogP contribution in [0.1, 0.15) is 45.8 Å². The van der Waals surface area contributed by atoms with E-state index in [1.807, 2.05) is 18.4 Å². The van der Waals surface area contributed by atoms with E-state index in [0.717, 1.165) is 17.3 Å². The van der Waals surface area contributed by atoms with Gasteiger partial charge in [0.15, 0.2) is 29.0 Å². The Labute approximate surface area is 176 Å². The van der Waals surface area contributed by atoms with E-state index in [2.05, 4.69) is 37.5 Å². The third-order valence-electron chi connectivity index (χ3n) is 5.55. The first-order valence-corrected chi connectivity index (χ1v) is 11.2. The molecule has 2 aliphatic heterocycles. The Morgan fingerprint density at radius 2 is 2.00 bits per heavy atom. The number of anilines is 1. The van der Waals surface area contributed by atoms with Crippen LogP contribution in [-0.4, -0.2) is 54.1 Å². The zero-order valence-corrected chi connectivity index (χ0v) is 18.0. The van der Waals surface area contributed by atoms with Gasteiger partial charge in [-0.25, -0.2) is 4.98 Å². The molecule has 1 saturated carbocycles. The van der Waals surface area contributed by atoms with E-state index in [1.54, 1.807) is 6.33 Å². The van der Waals surface area contributed by atoms with Crippen LogP contribution in [0.4, 0.5) is 5.82 Å². The van der Waals surface area contributed by atoms with Crippen molar-refractivity contribution in [3.63, 3.8) is 0 Å². The first-order chi connectivity index (χ1) is 13.4. The van der Waals surface area contributed by atoms with Gasteiger partial charge in [0.1, 0.15) is 18.3 Å². The van der Waals surface area contributed by atoms with Crippen LogP contribution in [0.3, 0.4) is 0 Å². The maximum Gasteiger partial charge on any atom is 0.320 e. The molecule has 3 aliphatic rings. The first kappa shape index (κ1) is 18.8. The first-order valence-electron chi connectivity index (χ1n) is 9.69. The fourth-order valence-corrected chi connectivity index (χ4v) is 5.03. The van der Waals surface area contributed by atoms with Crippen molar-refractivity contribution >= 4 is 39.6 Å². The molecular formula is C18H24IN5O4. The van der Waals surface area contributed by atoms with Gasteiger partial charge in [-0.2, -0.15) is 9.97 Å². The predicted molar refractivity (Wildman–Crippen MR) is 109 cm³/mol. The molecule has 2 aromatic heterocycles. The molecule has 0 amide bonds. The number of fused-ring (bicyclic) bond motifs is 2. The molecule has 2 aromatic rings. The zero-order chi connectivity index (χ0) is 19.5. The SMILES string of the molecule is CC1(C)O[C@@H]2[C@H](O1)[C@@H](CI)O[C@H]2n1cnc2c(N)nc(OC3CCCC3)nc21. The van der Waals surface area contributed by atoms with Gasteiger partial charge in [-0.1, -0.05) is 22.6 Å². The minimum atomic E-state index is -0.650. The Balaban J connectivity index is 1.51. The fraction of sp³-hybridized carbons (Fsp3) is 0.722. The summed E-state index contributed by atoms with van der Waals surface area (Å²) in [5.41, 5.74) is 7.27. The topological polar surface area (TPSA) is 107 Å². The summed E-state index contributed by atoms with van der Waals surface area (Å²) < 4.78 is 27.1. The van der Waals surface area contributed by atoms with Crippen LogP contribution in [0.5, 0.6) is 6.01 Å². The minimum absolute atomic E-state index is 0.0665. The molecule has 0 spiro atoms. The number of nitrogens with zero attached hydrogens (tertiary/aromatic N) is 4. The van der Waals surface area contributed by atoms with Crippen LogP contribution < -0.4 is 10.5 Å². The standard InChI is InChI=1S/C18H24IN5O4/c1-18(2)27-12-10(7-19)26-16(13(12)28-18)24-8-21-11-14(20)22-17(23-15(11)24)25-9-5-3-4-6-9/h8-10,12-13,16H,3-7H2,1-2H3,(H2,20,22,23)/t10-,12-,13-,16-/m1/s1. The summed E-state index contributed by atoms with van der Waals surface area (Å²) in [5.74, 6) is -0.344. The molecule has 2 N–H and O–H groups in total. The lowest BCUT2D eigenvalue weighted by molar-refractivity contribution is -0.193. The van der Waals surface area contributed by atoms with Crippen LogP contribution in [0.2, 0.25) is 0 Å². The lowest BCUT2D eigenvalue weighted by Crippen LogP contribution is -2.30. The van der Waals surface area contributed by atoms with Crippen molar-refractivity contribution < 1.29 is 18.9 Å². The van der Waals surface area contributed by atoms with Crippen molar-refractivity contribution in [3.05, 3.63) is 6.33 Å². The van der Waals surface area contributed by atoms with Gasteiger partial charge in [0.25, 0.3) is 0 Å². The van der Waals surface area contributed by atoms with Gasteiger partial charge >= 0.3 is 6.01 Å². The molecule has 10 heteroatoms. The summed E-state index contributed by atoms with van der Waals surface area (Å²) >= 11 is 2.31. The molecule has 0 radical (unpaired) electrons. The van der Waals surface area contributed by atoms with Crippen molar-refractivity contribution in [2.45, 2.75) is 76.0 Å². The smallest absolute Gasteiger partial charge is 0.320 e. The highest BCUT2D eigenvalue weighted by atomic mass is 127. The number of imidazole rings is 1. The van der Waals surface area contributed by atoms with Crippen LogP contribution in [-0.2, 0) is 14.2 Å². The van der Waals surface area contributed by atoms with Gasteiger partial charge in [-0.3, -0.25) is 4.57 Å². The van der Waals surface area contributed by atoms with Crippen LogP contribution in [0.25, 0.3) is 11.2 Å². The Morgan fingerprint density at radius 3 is 2.75 bits per heavy atom. The molecule has 0 unspecified atom stereocenters. The molecule has 28 heavy (non-hydrogen) atoms. The molecule has 5 rings (SSSR count). The average molecular weight is 501 g/mol. The van der Waals surface area contributed by atoms with Crippen LogP contribution in [0.15, 0.2) is 6.33 Å². The summed E-state index contributed by atoms with van der Waals surface area (Å²) in [6.45, 7) is 3.85. The molecule has 0 bridgehead atoms. The third-order valence-corrected chi connectivity index (χ3v) is 6.42. The summed E-state index contributed by atoms with van der Waals surface area (Å²) in [5, 5.41) is 0. The number of hydrogen-bond donors (Lipinski definition) is 1. The molecule has 2 saturated heterocycles. The highest BCUT2D eigenvalue weighted by Gasteiger charge is 2.55. The number of hydrogen-bond acceptors (Lipinski definition) is 8. The monoisotopic (exact) mass is 501 g/mol. The van der Waals surface area contributed by atoms with Crippen molar-refractivity contribution in [2.24, 2.45) is 0 Å². The van der Waals surface area contributed by atoms with E-state index in [-0.39, 0.29) is 24.4 Å². The summed E-state index contributed by atoms with van der Waals surface area (Å²) in [7, 11) is 0. The second kappa shape index (κ2) is 6.92. The van der Waals surface area contributed by atoms with Crippen molar-refractivity contribution in [3.8, 4) is 6.01 Å². The lowest BCUT2D eigenvalue weighted by atomic mass is 10.1. The highest BCUT2D eigenvalue weighted by Crippen LogP contribution is 2.44. The number of halogens is 1. The Hall–Kier alpha value is -1.24. The number of ether oxygens (including phenoxy) is 4. The molecule has 9 nitrogen and oxygen atoms in total. The summed E-state index contributed by atoms with van der Waals surface area (Å²) in [6, 6.07) is 0.294. The second-order valence-electron chi connectivity index (χ2n) is 8.02. The molecule has 3 fully saturated rings. The van der Waals surface area contributed by atoms with E-state index in [9.17, 15) is 0 Å². The summed E-state index contributed by atoms with van der Waals surface area (Å²) in [4.78, 5) is 13.3. The van der Waals surface area contributed by atoms with Gasteiger partial charge in [0.2, 0.25) is 0 Å². The second-order valence-corrected chi connectivity index (χ2v) is 8.90. The number of rotatable bonds is 4. The van der Waals surface area contributed by atoms with E-state index < -0.39 is 12.0 Å². The van der Waals surface area contributed by atoms with Crippen LogP contribution in [0, 0.1) is 0 Å². The van der Waals surface area contributed by atoms with Crippen molar-refractivity contribution in [2.75, 3.05) is 10.2 Å². The van der Waals surface area contributed by atoms with E-state index in [4.69, 9.17) is 24.7 Å². The van der Waals surface area contributed by atoms with Gasteiger partial charge < -0.3 is 24.7 Å². The minimum Gasteiger partial charge on any atom is -0.460 e. The highest BCUT2D eigenvalue weighted by molar-refractivity contribution is 14.1. The van der Waals surface area contributed by atoms with Gasteiger partial charge in [0, 0.05) is 4.43 Å². The molecule has 0 aromatic carbocycles. The number of aromatic nitrogens is 4. The fourth-order valence-electron chi connectivity index (χ4n) is 4.32. The molecule has 152 valence electrons. The van der Waals surface area contributed by atoms with Gasteiger partial charge in [-0.05, 0) is 39.5 Å². The van der Waals surface area contributed by atoms with Gasteiger partial charge in [0.05, 0.1) is 12.4 Å². The number of alkyl halides is 1. The maximum absolute atomic E-state index is 6.26. The van der Waals surface area contributed by atoms with Crippen molar-refractivity contribution in [1.82, 2.24) is 19.5 Å². The van der Waals surface area contributed by atoms with Crippen LogP contribution >= 0.6 is 22.6 Å². The molecule has 4 atom stereocenters. The van der Waals surface area contributed by atoms with Crippen molar-refractivity contribution in [1.29, 1.82) is 0 Å². The quantitative estimate of drug-likeness (QED) is 0.504. The predicted octanol–water partition coefficient (Wildman–Crippen LogP) is 2.58.